The van der Waals surface area contributed by atoms with Gasteiger partial charge >= 0.3 is 0 Å². The lowest BCUT2D eigenvalue weighted by Crippen LogP contribution is -2.21. The van der Waals surface area contributed by atoms with Gasteiger partial charge in [0.1, 0.15) is 5.69 Å². The Kier molecular flexibility index (Phi) is 3.96. The highest BCUT2D eigenvalue weighted by Crippen LogP contribution is 2.34. The van der Waals surface area contributed by atoms with Gasteiger partial charge in [0.25, 0.3) is 5.69 Å². The molecule has 1 aliphatic rings. The Bertz CT molecular complexity index is 516. The minimum absolute atomic E-state index is 0.00625. The van der Waals surface area contributed by atoms with Crippen LogP contribution in [-0.4, -0.2) is 30.5 Å². The first-order chi connectivity index (χ1) is 9.11. The third-order valence-electron chi connectivity index (χ3n) is 2.91. The zero-order chi connectivity index (χ0) is 13.8. The van der Waals surface area contributed by atoms with E-state index in [0.717, 1.165) is 13.1 Å². The van der Waals surface area contributed by atoms with E-state index in [1.165, 1.54) is 6.07 Å². The zero-order valence-electron chi connectivity index (χ0n) is 10.7. The molecule has 3 N–H and O–H groups in total. The van der Waals surface area contributed by atoms with Crippen molar-refractivity contribution in [3.8, 4) is 0 Å². The Morgan fingerprint density at radius 1 is 1.42 bits per heavy atom. The maximum absolute atomic E-state index is 11.3. The number of amides is 1. The highest BCUT2D eigenvalue weighted by molar-refractivity contribution is 6.00. The normalized spacial score (nSPS) is 13.0. The summed E-state index contributed by atoms with van der Waals surface area (Å²) in [6, 6.07) is 3.09. The van der Waals surface area contributed by atoms with Crippen molar-refractivity contribution in [1.29, 1.82) is 0 Å². The molecular formula is C12H16N4O3. The van der Waals surface area contributed by atoms with Gasteiger partial charge in [-0.1, -0.05) is 6.92 Å². The van der Waals surface area contributed by atoms with Crippen LogP contribution >= 0.6 is 0 Å². The third kappa shape index (κ3) is 3.00. The lowest BCUT2D eigenvalue weighted by molar-refractivity contribution is -0.384. The van der Waals surface area contributed by atoms with Gasteiger partial charge in [0, 0.05) is 24.8 Å². The van der Waals surface area contributed by atoms with Gasteiger partial charge in [-0.15, -0.1) is 0 Å². The van der Waals surface area contributed by atoms with Crippen LogP contribution in [0.2, 0.25) is 0 Å². The quantitative estimate of drug-likeness (QED) is 0.406. The Morgan fingerprint density at radius 2 is 2.21 bits per heavy atom. The Balaban J connectivity index is 2.19. The Labute approximate surface area is 110 Å². The second-order valence-electron chi connectivity index (χ2n) is 4.29. The molecule has 1 heterocycles. The number of hydrogen-bond acceptors (Lipinski definition) is 5. The van der Waals surface area contributed by atoms with E-state index in [1.807, 2.05) is 6.92 Å². The molecule has 0 saturated carbocycles. The number of hydrogen-bond donors (Lipinski definition) is 3. The number of carbonyl (C=O) groups excluding carboxylic acids is 1. The van der Waals surface area contributed by atoms with Gasteiger partial charge in [0.2, 0.25) is 5.91 Å². The number of nitrogens with one attached hydrogen (secondary N) is 3. The fraction of sp³-hybridized carbons (Fsp3) is 0.417. The SMILES string of the molecule is CCNCCNc1cc2c(cc1[N+](=O)[O-])CC(=O)N2. The predicted octanol–water partition coefficient (Wildman–Crippen LogP) is 1.11. The first-order valence-corrected chi connectivity index (χ1v) is 6.17. The largest absolute Gasteiger partial charge is 0.378 e. The van der Waals surface area contributed by atoms with Crippen LogP contribution in [0, 0.1) is 10.1 Å². The van der Waals surface area contributed by atoms with Gasteiger partial charge in [-0.3, -0.25) is 14.9 Å². The van der Waals surface area contributed by atoms with Gasteiger partial charge in [0.05, 0.1) is 11.3 Å². The van der Waals surface area contributed by atoms with E-state index in [0.29, 0.717) is 23.5 Å². The van der Waals surface area contributed by atoms with E-state index in [-0.39, 0.29) is 18.0 Å². The van der Waals surface area contributed by atoms with Crippen molar-refractivity contribution in [3.05, 3.63) is 27.8 Å². The van der Waals surface area contributed by atoms with Gasteiger partial charge < -0.3 is 16.0 Å². The molecule has 0 aromatic heterocycles. The molecule has 0 atom stereocenters. The molecule has 0 aliphatic carbocycles. The van der Waals surface area contributed by atoms with Crippen LogP contribution in [0.4, 0.5) is 17.1 Å². The first kappa shape index (κ1) is 13.3. The number of nitro benzene ring substituents is 1. The highest BCUT2D eigenvalue weighted by Gasteiger charge is 2.24. The van der Waals surface area contributed by atoms with Gasteiger partial charge in [0.15, 0.2) is 0 Å². The number of likely N-dealkylation sites (N-methyl/N-ethyl adjacent to an activating group) is 1. The number of fused-ring (bicyclic) bond motifs is 1. The third-order valence-corrected chi connectivity index (χ3v) is 2.91. The molecule has 1 aliphatic heterocycles. The van der Waals surface area contributed by atoms with E-state index < -0.39 is 4.92 Å². The van der Waals surface area contributed by atoms with Gasteiger partial charge in [-0.05, 0) is 18.2 Å². The van der Waals surface area contributed by atoms with Crippen LogP contribution in [0.5, 0.6) is 0 Å². The van der Waals surface area contributed by atoms with E-state index >= 15 is 0 Å². The van der Waals surface area contributed by atoms with Gasteiger partial charge in [-0.2, -0.15) is 0 Å². The fourth-order valence-electron chi connectivity index (χ4n) is 2.02. The monoisotopic (exact) mass is 264 g/mol. The van der Waals surface area contributed by atoms with E-state index in [9.17, 15) is 14.9 Å². The first-order valence-electron chi connectivity index (χ1n) is 6.17. The summed E-state index contributed by atoms with van der Waals surface area (Å²) in [7, 11) is 0. The summed E-state index contributed by atoms with van der Waals surface area (Å²) in [5.74, 6) is -0.130. The summed E-state index contributed by atoms with van der Waals surface area (Å²) in [5.41, 5.74) is 1.77. The van der Waals surface area contributed by atoms with E-state index in [2.05, 4.69) is 16.0 Å². The summed E-state index contributed by atoms with van der Waals surface area (Å²) in [6.45, 7) is 4.15. The van der Waals surface area contributed by atoms with Crippen molar-refractivity contribution in [3.63, 3.8) is 0 Å². The standard InChI is InChI=1S/C12H16N4O3/c1-2-13-3-4-14-10-7-9-8(6-12(17)15-9)5-11(10)16(18)19/h5,7,13-14H,2-4,6H2,1H3,(H,15,17). The second-order valence-corrected chi connectivity index (χ2v) is 4.29. The van der Waals surface area contributed by atoms with Crippen LogP contribution in [0.15, 0.2) is 12.1 Å². The molecule has 2 rings (SSSR count). The number of carbonyl (C=O) groups is 1. The summed E-state index contributed by atoms with van der Waals surface area (Å²) < 4.78 is 0. The summed E-state index contributed by atoms with van der Waals surface area (Å²) in [4.78, 5) is 21.9. The summed E-state index contributed by atoms with van der Waals surface area (Å²) >= 11 is 0. The number of benzene rings is 1. The Morgan fingerprint density at radius 3 is 2.89 bits per heavy atom. The maximum Gasteiger partial charge on any atom is 0.292 e. The van der Waals surface area contributed by atoms with Crippen LogP contribution in [0.25, 0.3) is 0 Å². The van der Waals surface area contributed by atoms with Crippen molar-refractivity contribution < 1.29 is 9.72 Å². The number of anilines is 2. The minimum atomic E-state index is -0.432. The molecule has 0 radical (unpaired) electrons. The fourth-order valence-corrected chi connectivity index (χ4v) is 2.02. The zero-order valence-corrected chi connectivity index (χ0v) is 10.7. The van der Waals surface area contributed by atoms with Crippen molar-refractivity contribution in [2.24, 2.45) is 0 Å². The molecule has 1 aromatic carbocycles. The molecule has 1 amide bonds. The lowest BCUT2D eigenvalue weighted by atomic mass is 10.1. The Hall–Kier alpha value is -2.15. The summed E-state index contributed by atoms with van der Waals surface area (Å²) in [6.07, 6.45) is 0.202. The molecule has 0 fully saturated rings. The van der Waals surface area contributed by atoms with Crippen molar-refractivity contribution >= 4 is 23.0 Å². The number of rotatable bonds is 6. The average molecular weight is 264 g/mol. The number of nitro groups is 1. The predicted molar refractivity (Wildman–Crippen MR) is 72.5 cm³/mol. The van der Waals surface area contributed by atoms with E-state index in [4.69, 9.17) is 0 Å². The van der Waals surface area contributed by atoms with Crippen molar-refractivity contribution in [2.75, 3.05) is 30.3 Å². The molecule has 1 aromatic rings. The topological polar surface area (TPSA) is 96.3 Å². The maximum atomic E-state index is 11.3. The molecule has 0 bridgehead atoms. The van der Waals surface area contributed by atoms with Crippen LogP contribution in [0.3, 0.4) is 0 Å². The molecule has 102 valence electrons. The number of nitrogens with zero attached hydrogens (tertiary/aromatic N) is 1. The highest BCUT2D eigenvalue weighted by atomic mass is 16.6. The minimum Gasteiger partial charge on any atom is -0.378 e. The molecule has 0 spiro atoms. The van der Waals surface area contributed by atoms with Crippen molar-refractivity contribution in [2.45, 2.75) is 13.3 Å². The van der Waals surface area contributed by atoms with E-state index in [1.54, 1.807) is 6.07 Å². The van der Waals surface area contributed by atoms with Gasteiger partial charge in [-0.25, -0.2) is 0 Å². The smallest absolute Gasteiger partial charge is 0.292 e. The van der Waals surface area contributed by atoms with Crippen LogP contribution < -0.4 is 16.0 Å². The van der Waals surface area contributed by atoms with Crippen LogP contribution in [0.1, 0.15) is 12.5 Å². The second kappa shape index (κ2) is 5.66. The van der Waals surface area contributed by atoms with Crippen LogP contribution in [-0.2, 0) is 11.2 Å². The average Bonchev–Trinajstić information content (AvgIpc) is 2.72. The molecule has 7 heteroatoms. The van der Waals surface area contributed by atoms with Crippen molar-refractivity contribution in [1.82, 2.24) is 5.32 Å². The lowest BCUT2D eigenvalue weighted by Gasteiger charge is -2.09. The molecule has 0 unspecified atom stereocenters. The molecule has 0 saturated heterocycles. The summed E-state index contributed by atoms with van der Waals surface area (Å²) in [5, 5.41) is 19.9. The molecular weight excluding hydrogens is 248 g/mol. The molecule has 7 nitrogen and oxygen atoms in total. The molecule has 19 heavy (non-hydrogen) atoms.